The van der Waals surface area contributed by atoms with Crippen LogP contribution >= 0.6 is 12.4 Å². The van der Waals surface area contributed by atoms with Crippen molar-refractivity contribution in [2.24, 2.45) is 0 Å². The van der Waals surface area contributed by atoms with Gasteiger partial charge in [0.25, 0.3) is 10.0 Å². The molecule has 8 heteroatoms. The second-order valence-corrected chi connectivity index (χ2v) is 8.88. The van der Waals surface area contributed by atoms with Crippen LogP contribution in [-0.4, -0.2) is 51.0 Å². The number of pyridine rings is 1. The Hall–Kier alpha value is -2.27. The first-order chi connectivity index (χ1) is 13.4. The van der Waals surface area contributed by atoms with Gasteiger partial charge in [-0.3, -0.25) is 9.62 Å². The van der Waals surface area contributed by atoms with E-state index in [1.807, 2.05) is 18.2 Å². The summed E-state index contributed by atoms with van der Waals surface area (Å²) in [4.78, 5) is 9.07. The lowest BCUT2D eigenvalue weighted by Crippen LogP contribution is -2.46. The molecule has 29 heavy (non-hydrogen) atoms. The van der Waals surface area contributed by atoms with Crippen molar-refractivity contribution < 1.29 is 8.42 Å². The number of hydrogen-bond acceptors (Lipinski definition) is 5. The van der Waals surface area contributed by atoms with Crippen LogP contribution in [0.5, 0.6) is 0 Å². The zero-order valence-corrected chi connectivity index (χ0v) is 18.3. The number of terminal acetylenes is 1. The molecular formula is C21H27ClN4O2S. The van der Waals surface area contributed by atoms with E-state index in [1.54, 1.807) is 24.4 Å². The Morgan fingerprint density at radius 2 is 1.76 bits per heavy atom. The molecule has 1 N–H and O–H groups in total. The highest BCUT2D eigenvalue weighted by molar-refractivity contribution is 7.92. The van der Waals surface area contributed by atoms with Crippen LogP contribution in [0.3, 0.4) is 0 Å². The summed E-state index contributed by atoms with van der Waals surface area (Å²) >= 11 is 0. The molecule has 1 saturated heterocycles. The third-order valence-corrected chi connectivity index (χ3v) is 6.27. The van der Waals surface area contributed by atoms with E-state index in [2.05, 4.69) is 39.3 Å². The second kappa shape index (κ2) is 9.97. The SMILES string of the molecule is C#CCN1CCN(c2ccc(NS(=O)(=O)c3ccc(C(C)C)cc3)cn2)CC1.Cl. The number of nitrogens with one attached hydrogen (secondary N) is 1. The van der Waals surface area contributed by atoms with Gasteiger partial charge in [0.1, 0.15) is 5.82 Å². The number of anilines is 2. The summed E-state index contributed by atoms with van der Waals surface area (Å²) in [6, 6.07) is 10.6. The molecule has 0 spiro atoms. The number of piperazine rings is 1. The van der Waals surface area contributed by atoms with Gasteiger partial charge in [-0.15, -0.1) is 18.8 Å². The van der Waals surface area contributed by atoms with Crippen LogP contribution < -0.4 is 9.62 Å². The molecule has 2 aromatic rings. The molecule has 0 amide bonds. The van der Waals surface area contributed by atoms with Gasteiger partial charge in [-0.1, -0.05) is 31.9 Å². The molecule has 2 heterocycles. The van der Waals surface area contributed by atoms with Gasteiger partial charge in [0.15, 0.2) is 0 Å². The number of sulfonamides is 1. The van der Waals surface area contributed by atoms with Gasteiger partial charge in [-0.25, -0.2) is 13.4 Å². The Morgan fingerprint density at radius 1 is 1.10 bits per heavy atom. The van der Waals surface area contributed by atoms with E-state index >= 15 is 0 Å². The lowest BCUT2D eigenvalue weighted by molar-refractivity contribution is 0.287. The summed E-state index contributed by atoms with van der Waals surface area (Å²) in [6.45, 7) is 8.30. The average Bonchev–Trinajstić information content (AvgIpc) is 2.69. The average molecular weight is 435 g/mol. The molecule has 0 bridgehead atoms. The number of halogens is 1. The predicted octanol–water partition coefficient (Wildman–Crippen LogP) is 3.18. The van der Waals surface area contributed by atoms with Gasteiger partial charge in [0.2, 0.25) is 0 Å². The zero-order valence-electron chi connectivity index (χ0n) is 16.7. The van der Waals surface area contributed by atoms with E-state index in [0.717, 1.165) is 37.6 Å². The van der Waals surface area contributed by atoms with Gasteiger partial charge in [-0.05, 0) is 35.7 Å². The summed E-state index contributed by atoms with van der Waals surface area (Å²) in [7, 11) is -3.64. The van der Waals surface area contributed by atoms with Gasteiger partial charge in [-0.2, -0.15) is 0 Å². The van der Waals surface area contributed by atoms with Crippen LogP contribution in [0.2, 0.25) is 0 Å². The number of benzene rings is 1. The van der Waals surface area contributed by atoms with Crippen LogP contribution in [-0.2, 0) is 10.0 Å². The van der Waals surface area contributed by atoms with E-state index in [0.29, 0.717) is 18.2 Å². The summed E-state index contributed by atoms with van der Waals surface area (Å²) in [6.07, 6.45) is 6.92. The van der Waals surface area contributed by atoms with Crippen LogP contribution in [0.25, 0.3) is 0 Å². The molecule has 1 aromatic heterocycles. The quantitative estimate of drug-likeness (QED) is 0.707. The number of rotatable bonds is 6. The highest BCUT2D eigenvalue weighted by Crippen LogP contribution is 2.21. The fraction of sp³-hybridized carbons (Fsp3) is 0.381. The molecule has 0 radical (unpaired) electrons. The first-order valence-electron chi connectivity index (χ1n) is 9.38. The predicted molar refractivity (Wildman–Crippen MR) is 120 cm³/mol. The zero-order chi connectivity index (χ0) is 20.1. The molecule has 0 saturated carbocycles. The Balaban J connectivity index is 0.00000300. The largest absolute Gasteiger partial charge is 0.354 e. The van der Waals surface area contributed by atoms with Crippen molar-refractivity contribution in [3.05, 3.63) is 48.2 Å². The van der Waals surface area contributed by atoms with E-state index in [-0.39, 0.29) is 17.3 Å². The minimum atomic E-state index is -3.64. The van der Waals surface area contributed by atoms with E-state index in [4.69, 9.17) is 6.42 Å². The van der Waals surface area contributed by atoms with Crippen molar-refractivity contribution in [1.82, 2.24) is 9.88 Å². The first kappa shape index (κ1) is 23.0. The Kier molecular flexibility index (Phi) is 7.91. The second-order valence-electron chi connectivity index (χ2n) is 7.20. The van der Waals surface area contributed by atoms with Crippen LogP contribution in [0.15, 0.2) is 47.5 Å². The maximum absolute atomic E-state index is 12.6. The Bertz CT molecular complexity index is 930. The van der Waals surface area contributed by atoms with E-state index in [9.17, 15) is 8.42 Å². The molecule has 0 unspecified atom stereocenters. The lowest BCUT2D eigenvalue weighted by Gasteiger charge is -2.34. The standard InChI is InChI=1S/C21H26N4O2S.ClH/c1-4-11-24-12-14-25(15-13-24)21-10-7-19(16-22-21)23-28(26,27)20-8-5-18(6-9-20)17(2)3;/h1,5-10,16-17,23H,11-15H2,2-3H3;1H. The summed E-state index contributed by atoms with van der Waals surface area (Å²) in [5, 5.41) is 0. The molecule has 1 aliphatic rings. The van der Waals surface area contributed by atoms with Crippen molar-refractivity contribution in [1.29, 1.82) is 0 Å². The fourth-order valence-corrected chi connectivity index (χ4v) is 4.19. The third-order valence-electron chi connectivity index (χ3n) is 4.87. The maximum Gasteiger partial charge on any atom is 0.261 e. The minimum absolute atomic E-state index is 0. The van der Waals surface area contributed by atoms with Crippen molar-refractivity contribution >= 4 is 33.9 Å². The fourth-order valence-electron chi connectivity index (χ4n) is 3.14. The number of hydrogen-bond donors (Lipinski definition) is 1. The third kappa shape index (κ3) is 5.86. The van der Waals surface area contributed by atoms with Crippen molar-refractivity contribution in [3.63, 3.8) is 0 Å². The van der Waals surface area contributed by atoms with E-state index in [1.165, 1.54) is 0 Å². The Morgan fingerprint density at radius 3 is 2.28 bits per heavy atom. The normalized spacial score (nSPS) is 14.9. The molecule has 156 valence electrons. The van der Waals surface area contributed by atoms with Gasteiger partial charge in [0.05, 0.1) is 23.3 Å². The maximum atomic E-state index is 12.6. The molecule has 0 atom stereocenters. The van der Waals surface area contributed by atoms with Crippen molar-refractivity contribution in [3.8, 4) is 12.3 Å². The molecule has 1 aromatic carbocycles. The van der Waals surface area contributed by atoms with E-state index < -0.39 is 10.0 Å². The van der Waals surface area contributed by atoms with Gasteiger partial charge >= 0.3 is 0 Å². The summed E-state index contributed by atoms with van der Waals surface area (Å²) in [5.74, 6) is 3.86. The van der Waals surface area contributed by atoms with Crippen LogP contribution in [0.4, 0.5) is 11.5 Å². The highest BCUT2D eigenvalue weighted by atomic mass is 35.5. The van der Waals surface area contributed by atoms with Gasteiger partial charge < -0.3 is 4.90 Å². The smallest absolute Gasteiger partial charge is 0.261 e. The Labute approximate surface area is 179 Å². The number of aromatic nitrogens is 1. The monoisotopic (exact) mass is 434 g/mol. The molecule has 0 aliphatic carbocycles. The number of nitrogens with zero attached hydrogens (tertiary/aromatic N) is 3. The minimum Gasteiger partial charge on any atom is -0.354 e. The lowest BCUT2D eigenvalue weighted by atomic mass is 10.0. The van der Waals surface area contributed by atoms with Gasteiger partial charge in [0, 0.05) is 26.2 Å². The van der Waals surface area contributed by atoms with Crippen molar-refractivity contribution in [2.75, 3.05) is 42.3 Å². The molecule has 1 fully saturated rings. The molecule has 1 aliphatic heterocycles. The van der Waals surface area contributed by atoms with Crippen LogP contribution in [0, 0.1) is 12.3 Å². The molecule has 6 nitrogen and oxygen atoms in total. The van der Waals surface area contributed by atoms with Crippen molar-refractivity contribution in [2.45, 2.75) is 24.7 Å². The molecule has 3 rings (SSSR count). The summed E-state index contributed by atoms with van der Waals surface area (Å²) < 4.78 is 27.8. The summed E-state index contributed by atoms with van der Waals surface area (Å²) in [5.41, 5.74) is 1.55. The first-order valence-corrected chi connectivity index (χ1v) is 10.9. The highest BCUT2D eigenvalue weighted by Gasteiger charge is 2.18. The van der Waals surface area contributed by atoms with Crippen LogP contribution in [0.1, 0.15) is 25.3 Å². The molecular weight excluding hydrogens is 408 g/mol. The topological polar surface area (TPSA) is 65.5 Å².